The molecule has 5 rings (SSSR count). The molecule has 1 fully saturated rings. The topological polar surface area (TPSA) is 70.9 Å². The Kier molecular flexibility index (Phi) is 6.20. The first-order valence-corrected chi connectivity index (χ1v) is 12.4. The molecule has 33 heavy (non-hydrogen) atoms. The third-order valence-electron chi connectivity index (χ3n) is 6.08. The van der Waals surface area contributed by atoms with E-state index in [9.17, 15) is 0 Å². The second-order valence-electron chi connectivity index (χ2n) is 8.71. The van der Waals surface area contributed by atoms with Gasteiger partial charge in [-0.15, -0.1) is 0 Å². The van der Waals surface area contributed by atoms with E-state index in [2.05, 4.69) is 97.4 Å². The lowest BCUT2D eigenvalue weighted by molar-refractivity contribution is 0.589. The molecule has 1 saturated heterocycles. The number of anilines is 3. The number of aromatic nitrogens is 4. The molecule has 0 radical (unpaired) electrons. The fourth-order valence-electron chi connectivity index (χ4n) is 4.50. The van der Waals surface area contributed by atoms with Crippen molar-refractivity contribution in [2.75, 3.05) is 36.4 Å². The lowest BCUT2D eigenvalue weighted by atomic mass is 10.0. The number of benzene rings is 1. The summed E-state index contributed by atoms with van der Waals surface area (Å²) in [6.07, 6.45) is 3.84. The van der Waals surface area contributed by atoms with Crippen LogP contribution in [0.3, 0.4) is 0 Å². The van der Waals surface area contributed by atoms with Gasteiger partial charge in [0.25, 0.3) is 0 Å². The van der Waals surface area contributed by atoms with Crippen LogP contribution in [0.5, 0.6) is 0 Å². The second kappa shape index (κ2) is 9.26. The molecule has 1 aliphatic heterocycles. The minimum atomic E-state index is 0.402. The summed E-state index contributed by atoms with van der Waals surface area (Å²) in [6.45, 7) is 8.47. The Bertz CT molecular complexity index is 1270. The summed E-state index contributed by atoms with van der Waals surface area (Å²) in [7, 11) is 2.02. The summed E-state index contributed by atoms with van der Waals surface area (Å²) in [5, 5.41) is 12.6. The van der Waals surface area contributed by atoms with E-state index in [4.69, 9.17) is 0 Å². The molecule has 0 spiro atoms. The lowest BCUT2D eigenvalue weighted by Gasteiger charge is -2.29. The van der Waals surface area contributed by atoms with Crippen molar-refractivity contribution in [3.8, 4) is 11.1 Å². The molecule has 0 bridgehead atoms. The highest BCUT2D eigenvalue weighted by Crippen LogP contribution is 2.33. The molecule has 2 N–H and O–H groups in total. The highest BCUT2D eigenvalue weighted by Gasteiger charge is 2.15. The van der Waals surface area contributed by atoms with Crippen molar-refractivity contribution in [3.05, 3.63) is 58.1 Å². The fraction of sp³-hybridized carbons (Fsp3) is 0.320. The van der Waals surface area contributed by atoms with E-state index in [1.807, 2.05) is 30.2 Å². The van der Waals surface area contributed by atoms with Crippen LogP contribution in [0.25, 0.3) is 22.0 Å². The van der Waals surface area contributed by atoms with Crippen molar-refractivity contribution < 1.29 is 0 Å². The number of piperazine rings is 1. The molecule has 0 unspecified atom stereocenters. The number of hydrogen-bond acceptors (Lipinski definition) is 6. The van der Waals surface area contributed by atoms with E-state index in [0.29, 0.717) is 5.92 Å². The number of nitrogens with one attached hydrogen (secondary N) is 2. The Hall–Kier alpha value is -2.72. The normalized spacial score (nSPS) is 14.3. The molecule has 0 atom stereocenters. The molecule has 4 aromatic rings. The zero-order valence-corrected chi connectivity index (χ0v) is 21.3. The van der Waals surface area contributed by atoms with Crippen LogP contribution in [0.15, 0.2) is 48.8 Å². The van der Waals surface area contributed by atoms with Crippen molar-refractivity contribution in [2.45, 2.75) is 19.8 Å². The van der Waals surface area contributed by atoms with Crippen molar-refractivity contribution in [3.63, 3.8) is 0 Å². The van der Waals surface area contributed by atoms with Crippen molar-refractivity contribution >= 4 is 50.8 Å². The van der Waals surface area contributed by atoms with Gasteiger partial charge in [-0.2, -0.15) is 5.10 Å². The Morgan fingerprint density at radius 3 is 2.52 bits per heavy atom. The first kappa shape index (κ1) is 22.1. The first-order valence-electron chi connectivity index (χ1n) is 11.3. The van der Waals surface area contributed by atoms with E-state index in [1.54, 1.807) is 0 Å². The van der Waals surface area contributed by atoms with Crippen LogP contribution in [-0.4, -0.2) is 45.9 Å². The van der Waals surface area contributed by atoms with Crippen LogP contribution in [0, 0.1) is 3.57 Å². The molecule has 1 aliphatic rings. The van der Waals surface area contributed by atoms with Gasteiger partial charge in [0.05, 0.1) is 17.4 Å². The molecule has 3 aromatic heterocycles. The summed E-state index contributed by atoms with van der Waals surface area (Å²) in [5.74, 6) is 1.97. The zero-order valence-electron chi connectivity index (χ0n) is 19.1. The van der Waals surface area contributed by atoms with Gasteiger partial charge in [-0.25, -0.2) is 9.97 Å². The van der Waals surface area contributed by atoms with Gasteiger partial charge in [-0.05, 0) is 64.4 Å². The van der Waals surface area contributed by atoms with Crippen LogP contribution in [-0.2, 0) is 7.05 Å². The maximum absolute atomic E-state index is 4.68. The number of aryl methyl sites for hydroxylation is 1. The largest absolute Gasteiger partial charge is 0.368 e. The number of nitrogens with zero attached hydrogens (tertiary/aromatic N) is 5. The minimum Gasteiger partial charge on any atom is -0.368 e. The van der Waals surface area contributed by atoms with E-state index in [1.165, 1.54) is 11.1 Å². The number of pyridine rings is 2. The maximum atomic E-state index is 4.68. The summed E-state index contributed by atoms with van der Waals surface area (Å²) >= 11 is 2.35. The fourth-order valence-corrected chi connectivity index (χ4v) is 5.11. The molecule has 0 saturated carbocycles. The molecule has 170 valence electrons. The number of halogens is 1. The minimum absolute atomic E-state index is 0.402. The predicted molar refractivity (Wildman–Crippen MR) is 143 cm³/mol. The summed E-state index contributed by atoms with van der Waals surface area (Å²) in [6, 6.07) is 12.7. The van der Waals surface area contributed by atoms with Gasteiger partial charge in [-0.1, -0.05) is 19.9 Å². The van der Waals surface area contributed by atoms with Crippen molar-refractivity contribution in [2.24, 2.45) is 7.05 Å². The van der Waals surface area contributed by atoms with Crippen LogP contribution in [0.2, 0.25) is 0 Å². The standard InChI is InChI=1S/C25H28IN7/c1-16(2)25-20-12-17(4-6-22(20)31-32(25)3)19-13-24(29-15-21(19)26)30-23-7-5-18(14-28-23)33-10-8-27-9-11-33/h4-7,12-16,27H,8-11H2,1-3H3,(H,28,29,30). The predicted octanol–water partition coefficient (Wildman–Crippen LogP) is 4.91. The first-order chi connectivity index (χ1) is 16.0. The van der Waals surface area contributed by atoms with E-state index in [-0.39, 0.29) is 0 Å². The van der Waals surface area contributed by atoms with Crippen molar-refractivity contribution in [1.82, 2.24) is 25.1 Å². The highest BCUT2D eigenvalue weighted by molar-refractivity contribution is 14.1. The van der Waals surface area contributed by atoms with Gasteiger partial charge in [-0.3, -0.25) is 4.68 Å². The van der Waals surface area contributed by atoms with Gasteiger partial charge >= 0.3 is 0 Å². The molecule has 7 nitrogen and oxygen atoms in total. The van der Waals surface area contributed by atoms with Gasteiger partial charge < -0.3 is 15.5 Å². The average molecular weight is 553 g/mol. The Labute approximate surface area is 207 Å². The smallest absolute Gasteiger partial charge is 0.132 e. The Morgan fingerprint density at radius 2 is 1.79 bits per heavy atom. The van der Waals surface area contributed by atoms with Gasteiger partial charge in [0, 0.05) is 59.6 Å². The van der Waals surface area contributed by atoms with Gasteiger partial charge in [0.1, 0.15) is 11.6 Å². The Balaban J connectivity index is 1.42. The summed E-state index contributed by atoms with van der Waals surface area (Å²) in [4.78, 5) is 11.6. The van der Waals surface area contributed by atoms with Crippen LogP contribution in [0.4, 0.5) is 17.3 Å². The molecule has 8 heteroatoms. The van der Waals surface area contributed by atoms with Crippen LogP contribution in [0.1, 0.15) is 25.5 Å². The number of fused-ring (bicyclic) bond motifs is 1. The van der Waals surface area contributed by atoms with Crippen LogP contribution < -0.4 is 15.5 Å². The monoisotopic (exact) mass is 553 g/mol. The maximum Gasteiger partial charge on any atom is 0.132 e. The van der Waals surface area contributed by atoms with Crippen LogP contribution >= 0.6 is 22.6 Å². The molecule has 4 heterocycles. The molecular formula is C25H28IN7. The highest BCUT2D eigenvalue weighted by atomic mass is 127. The van der Waals surface area contributed by atoms with Crippen molar-refractivity contribution in [1.29, 1.82) is 0 Å². The summed E-state index contributed by atoms with van der Waals surface area (Å²) < 4.78 is 3.11. The quantitative estimate of drug-likeness (QED) is 0.343. The molecule has 0 amide bonds. The molecule has 0 aliphatic carbocycles. The molecule has 1 aromatic carbocycles. The third-order valence-corrected chi connectivity index (χ3v) is 6.94. The number of hydrogen-bond donors (Lipinski definition) is 2. The second-order valence-corrected chi connectivity index (χ2v) is 9.87. The SMILES string of the molecule is CC(C)c1c2cc(-c3cc(Nc4ccc(N5CCNCC5)cn4)ncc3I)ccc2nn1C. The van der Waals surface area contributed by atoms with Gasteiger partial charge in [0.15, 0.2) is 0 Å². The molecular weight excluding hydrogens is 525 g/mol. The number of rotatable bonds is 5. The van der Waals surface area contributed by atoms with E-state index >= 15 is 0 Å². The summed E-state index contributed by atoms with van der Waals surface area (Å²) in [5.41, 5.74) is 5.74. The average Bonchev–Trinajstić information content (AvgIpc) is 3.16. The lowest BCUT2D eigenvalue weighted by Crippen LogP contribution is -2.43. The van der Waals surface area contributed by atoms with Gasteiger partial charge in [0.2, 0.25) is 0 Å². The van der Waals surface area contributed by atoms with E-state index < -0.39 is 0 Å². The third kappa shape index (κ3) is 4.54. The zero-order chi connectivity index (χ0) is 22.9. The van der Waals surface area contributed by atoms with E-state index in [0.717, 1.165) is 63.7 Å². The Morgan fingerprint density at radius 1 is 1.00 bits per heavy atom.